The van der Waals surface area contributed by atoms with Crippen molar-refractivity contribution in [1.82, 2.24) is 4.98 Å². The number of nitrogens with two attached hydrogens (primary N) is 1. The van der Waals surface area contributed by atoms with Crippen molar-refractivity contribution in [3.8, 4) is 0 Å². The molecule has 0 radical (unpaired) electrons. The van der Waals surface area contributed by atoms with Gasteiger partial charge in [0.15, 0.2) is 0 Å². The van der Waals surface area contributed by atoms with E-state index in [1.807, 2.05) is 6.92 Å². The SMILES string of the molecule is Cc1nc2c(c(C)c1N)CCC2. The molecule has 0 fully saturated rings. The Morgan fingerprint density at radius 1 is 1.25 bits per heavy atom. The number of aryl methyl sites for hydroxylation is 2. The van der Waals surface area contributed by atoms with Crippen LogP contribution in [-0.2, 0) is 12.8 Å². The number of hydrogen-bond donors (Lipinski definition) is 1. The minimum absolute atomic E-state index is 0.885. The zero-order valence-electron chi connectivity index (χ0n) is 7.65. The smallest absolute Gasteiger partial charge is 0.0607 e. The van der Waals surface area contributed by atoms with Crippen LogP contribution in [0.3, 0.4) is 0 Å². The molecule has 0 saturated carbocycles. The van der Waals surface area contributed by atoms with Crippen LogP contribution >= 0.6 is 0 Å². The highest BCUT2D eigenvalue weighted by Crippen LogP contribution is 2.28. The van der Waals surface area contributed by atoms with Crippen molar-refractivity contribution in [2.75, 3.05) is 5.73 Å². The van der Waals surface area contributed by atoms with Crippen molar-refractivity contribution < 1.29 is 0 Å². The van der Waals surface area contributed by atoms with E-state index >= 15 is 0 Å². The second-order valence-corrected chi connectivity index (χ2v) is 3.51. The molecule has 1 aliphatic carbocycles. The first-order valence-corrected chi connectivity index (χ1v) is 4.44. The van der Waals surface area contributed by atoms with Crippen molar-refractivity contribution >= 4 is 5.69 Å². The highest BCUT2D eigenvalue weighted by molar-refractivity contribution is 5.55. The lowest BCUT2D eigenvalue weighted by atomic mass is 10.1. The third-order valence-corrected chi connectivity index (χ3v) is 2.74. The predicted molar refractivity (Wildman–Crippen MR) is 50.1 cm³/mol. The van der Waals surface area contributed by atoms with E-state index in [0.717, 1.165) is 17.8 Å². The predicted octanol–water partition coefficient (Wildman–Crippen LogP) is 1.77. The van der Waals surface area contributed by atoms with Gasteiger partial charge < -0.3 is 5.73 Å². The van der Waals surface area contributed by atoms with Crippen LogP contribution in [0.1, 0.15) is 28.9 Å². The van der Waals surface area contributed by atoms with Crippen molar-refractivity contribution in [3.63, 3.8) is 0 Å². The molecule has 0 aromatic carbocycles. The Hall–Kier alpha value is -1.05. The van der Waals surface area contributed by atoms with Gasteiger partial charge in [-0.25, -0.2) is 0 Å². The lowest BCUT2D eigenvalue weighted by molar-refractivity contribution is 0.896. The molecule has 0 unspecified atom stereocenters. The quantitative estimate of drug-likeness (QED) is 0.631. The normalized spacial score (nSPS) is 14.8. The summed E-state index contributed by atoms with van der Waals surface area (Å²) in [7, 11) is 0. The van der Waals surface area contributed by atoms with E-state index in [9.17, 15) is 0 Å². The third-order valence-electron chi connectivity index (χ3n) is 2.74. The first kappa shape index (κ1) is 7.59. The summed E-state index contributed by atoms with van der Waals surface area (Å²) in [6.07, 6.45) is 3.54. The van der Waals surface area contributed by atoms with Gasteiger partial charge in [-0.3, -0.25) is 4.98 Å². The molecular weight excluding hydrogens is 148 g/mol. The van der Waals surface area contributed by atoms with Gasteiger partial charge in [-0.05, 0) is 44.2 Å². The molecule has 1 aromatic heterocycles. The average molecular weight is 162 g/mol. The zero-order valence-corrected chi connectivity index (χ0v) is 7.65. The molecule has 1 aromatic rings. The van der Waals surface area contributed by atoms with Crippen LogP contribution in [0.15, 0.2) is 0 Å². The van der Waals surface area contributed by atoms with Gasteiger partial charge in [-0.2, -0.15) is 0 Å². The van der Waals surface area contributed by atoms with Crippen LogP contribution < -0.4 is 5.73 Å². The molecule has 1 heterocycles. The second kappa shape index (κ2) is 2.47. The Balaban J connectivity index is 2.67. The van der Waals surface area contributed by atoms with Crippen LogP contribution in [0.25, 0.3) is 0 Å². The summed E-state index contributed by atoms with van der Waals surface area (Å²) in [6.45, 7) is 4.09. The van der Waals surface area contributed by atoms with Crippen molar-refractivity contribution in [1.29, 1.82) is 0 Å². The molecule has 2 nitrogen and oxygen atoms in total. The Morgan fingerprint density at radius 3 is 2.75 bits per heavy atom. The number of nitrogens with zero attached hydrogens (tertiary/aromatic N) is 1. The van der Waals surface area contributed by atoms with E-state index in [-0.39, 0.29) is 0 Å². The molecule has 64 valence electrons. The van der Waals surface area contributed by atoms with E-state index in [2.05, 4.69) is 11.9 Å². The van der Waals surface area contributed by atoms with E-state index in [4.69, 9.17) is 5.73 Å². The van der Waals surface area contributed by atoms with Gasteiger partial charge in [0.25, 0.3) is 0 Å². The highest BCUT2D eigenvalue weighted by atomic mass is 14.8. The molecule has 0 atom stereocenters. The molecule has 0 aliphatic heterocycles. The number of pyridine rings is 1. The lowest BCUT2D eigenvalue weighted by Gasteiger charge is -2.09. The zero-order chi connectivity index (χ0) is 8.72. The van der Waals surface area contributed by atoms with E-state index in [1.54, 1.807) is 0 Å². The van der Waals surface area contributed by atoms with Gasteiger partial charge in [-0.1, -0.05) is 0 Å². The van der Waals surface area contributed by atoms with Gasteiger partial charge in [0.2, 0.25) is 0 Å². The maximum Gasteiger partial charge on any atom is 0.0607 e. The molecule has 0 spiro atoms. The summed E-state index contributed by atoms with van der Waals surface area (Å²) in [5.74, 6) is 0. The number of fused-ring (bicyclic) bond motifs is 1. The highest BCUT2D eigenvalue weighted by Gasteiger charge is 2.17. The summed E-state index contributed by atoms with van der Waals surface area (Å²) < 4.78 is 0. The van der Waals surface area contributed by atoms with Crippen LogP contribution in [-0.4, -0.2) is 4.98 Å². The summed E-state index contributed by atoms with van der Waals surface area (Å²) >= 11 is 0. The summed E-state index contributed by atoms with van der Waals surface area (Å²) in [5.41, 5.74) is 11.7. The van der Waals surface area contributed by atoms with E-state index in [1.165, 1.54) is 29.7 Å². The number of nitrogen functional groups attached to an aromatic ring is 1. The fourth-order valence-electron chi connectivity index (χ4n) is 1.95. The number of hydrogen-bond acceptors (Lipinski definition) is 2. The second-order valence-electron chi connectivity index (χ2n) is 3.51. The minimum Gasteiger partial charge on any atom is -0.397 e. The molecule has 0 bridgehead atoms. The third kappa shape index (κ3) is 0.909. The molecule has 2 rings (SSSR count). The van der Waals surface area contributed by atoms with Gasteiger partial charge in [0.1, 0.15) is 0 Å². The van der Waals surface area contributed by atoms with Crippen molar-refractivity contribution in [2.45, 2.75) is 33.1 Å². The number of aromatic nitrogens is 1. The van der Waals surface area contributed by atoms with Gasteiger partial charge >= 0.3 is 0 Å². The number of rotatable bonds is 0. The molecule has 2 N–H and O–H groups in total. The van der Waals surface area contributed by atoms with Gasteiger partial charge in [0.05, 0.1) is 11.4 Å². The maximum absolute atomic E-state index is 5.89. The Bertz CT molecular complexity index is 329. The van der Waals surface area contributed by atoms with Crippen LogP contribution in [0.2, 0.25) is 0 Å². The summed E-state index contributed by atoms with van der Waals surface area (Å²) in [6, 6.07) is 0. The molecule has 0 amide bonds. The Morgan fingerprint density at radius 2 is 2.00 bits per heavy atom. The lowest BCUT2D eigenvalue weighted by Crippen LogP contribution is -2.02. The van der Waals surface area contributed by atoms with Crippen molar-refractivity contribution in [3.05, 3.63) is 22.5 Å². The monoisotopic (exact) mass is 162 g/mol. The summed E-state index contributed by atoms with van der Waals surface area (Å²) in [5, 5.41) is 0. The maximum atomic E-state index is 5.89. The standard InChI is InChI=1S/C10H14N2/c1-6-8-4-3-5-9(8)12-7(2)10(6)11/h3-5,11H2,1-2H3. The van der Waals surface area contributed by atoms with Crippen LogP contribution in [0.4, 0.5) is 5.69 Å². The average Bonchev–Trinajstić information content (AvgIpc) is 2.48. The Labute approximate surface area is 72.8 Å². The first-order chi connectivity index (χ1) is 5.70. The van der Waals surface area contributed by atoms with Gasteiger partial charge in [-0.15, -0.1) is 0 Å². The molecule has 0 saturated heterocycles. The summed E-state index contributed by atoms with van der Waals surface area (Å²) in [4.78, 5) is 4.49. The number of anilines is 1. The van der Waals surface area contributed by atoms with E-state index in [0.29, 0.717) is 0 Å². The van der Waals surface area contributed by atoms with E-state index < -0.39 is 0 Å². The fourth-order valence-corrected chi connectivity index (χ4v) is 1.95. The molecule has 1 aliphatic rings. The van der Waals surface area contributed by atoms with Gasteiger partial charge in [0, 0.05) is 5.69 Å². The largest absolute Gasteiger partial charge is 0.397 e. The molecular formula is C10H14N2. The van der Waals surface area contributed by atoms with Crippen LogP contribution in [0, 0.1) is 13.8 Å². The van der Waals surface area contributed by atoms with Crippen LogP contribution in [0.5, 0.6) is 0 Å². The first-order valence-electron chi connectivity index (χ1n) is 4.44. The van der Waals surface area contributed by atoms with Crippen molar-refractivity contribution in [2.24, 2.45) is 0 Å². The Kier molecular flexibility index (Phi) is 1.56. The fraction of sp³-hybridized carbons (Fsp3) is 0.500. The molecule has 12 heavy (non-hydrogen) atoms. The topological polar surface area (TPSA) is 38.9 Å². The minimum atomic E-state index is 0.885. The molecule has 2 heteroatoms.